The molecule has 0 amide bonds. The van der Waals surface area contributed by atoms with Crippen LogP contribution >= 0.6 is 0 Å². The van der Waals surface area contributed by atoms with Crippen LogP contribution in [0.5, 0.6) is 0 Å². The normalized spacial score (nSPS) is 3.40. The van der Waals surface area contributed by atoms with Crippen LogP contribution in [-0.2, 0) is 4.79 Å². The van der Waals surface area contributed by atoms with Crippen LogP contribution in [0.25, 0.3) is 0 Å². The lowest BCUT2D eigenvalue weighted by Crippen LogP contribution is -1.38. The molecule has 0 rings (SSSR count). The van der Waals surface area contributed by atoms with E-state index in [-0.39, 0.29) is 7.43 Å². The number of aliphatic imine (C=N–C) groups is 1. The maximum Gasteiger partial charge on any atom is 0.234 e. The summed E-state index contributed by atoms with van der Waals surface area (Å²) in [5.74, 6) is 0. The average Bonchev–Trinajstić information content (AvgIpc) is 1.37. The first kappa shape index (κ1) is 8.83. The maximum absolute atomic E-state index is 8.88. The highest BCUT2D eigenvalue weighted by Crippen LogP contribution is 1.28. The van der Waals surface area contributed by atoms with Crippen molar-refractivity contribution in [3.63, 3.8) is 0 Å². The Hall–Kier alpha value is -0.620. The highest BCUT2D eigenvalue weighted by atomic mass is 16.1. The average molecular weight is 73.1 g/mol. The van der Waals surface area contributed by atoms with Crippen LogP contribution in [0.3, 0.4) is 0 Å². The van der Waals surface area contributed by atoms with Gasteiger partial charge in [-0.25, -0.2) is 9.79 Å². The Morgan fingerprint density at radius 3 is 2.00 bits per heavy atom. The Labute approximate surface area is 31.5 Å². The van der Waals surface area contributed by atoms with Crippen molar-refractivity contribution in [3.8, 4) is 0 Å². The summed E-state index contributed by atoms with van der Waals surface area (Å²) >= 11 is 0. The van der Waals surface area contributed by atoms with Gasteiger partial charge in [0.05, 0.1) is 0 Å². The van der Waals surface area contributed by atoms with E-state index < -0.39 is 0 Å². The van der Waals surface area contributed by atoms with E-state index in [4.69, 9.17) is 4.79 Å². The van der Waals surface area contributed by atoms with Crippen LogP contribution in [0.15, 0.2) is 4.99 Å². The molecule has 0 aliphatic carbocycles. The smallest absolute Gasteiger partial charge is 0.211 e. The molecule has 2 nitrogen and oxygen atoms in total. The van der Waals surface area contributed by atoms with Gasteiger partial charge in [0.1, 0.15) is 0 Å². The van der Waals surface area contributed by atoms with E-state index in [1.807, 2.05) is 0 Å². The van der Waals surface area contributed by atoms with Crippen molar-refractivity contribution in [3.05, 3.63) is 0 Å². The standard InChI is InChI=1S/C2H3NO.CH4/c1-3-2-4;/h1H3;1H4. The van der Waals surface area contributed by atoms with E-state index in [2.05, 4.69) is 4.99 Å². The summed E-state index contributed by atoms with van der Waals surface area (Å²) in [5.41, 5.74) is 0. The van der Waals surface area contributed by atoms with Crippen molar-refractivity contribution in [2.45, 2.75) is 7.43 Å². The largest absolute Gasteiger partial charge is 0.234 e. The van der Waals surface area contributed by atoms with Crippen molar-refractivity contribution in [1.82, 2.24) is 0 Å². The Balaban J connectivity index is 0. The van der Waals surface area contributed by atoms with Gasteiger partial charge in [-0.05, 0) is 0 Å². The van der Waals surface area contributed by atoms with Crippen LogP contribution in [0, 0.1) is 0 Å². The van der Waals surface area contributed by atoms with E-state index in [1.165, 1.54) is 13.1 Å². The van der Waals surface area contributed by atoms with E-state index in [0.717, 1.165) is 0 Å². The summed E-state index contributed by atoms with van der Waals surface area (Å²) < 4.78 is 0. The summed E-state index contributed by atoms with van der Waals surface area (Å²) in [6, 6.07) is 0. The van der Waals surface area contributed by atoms with Crippen LogP contribution in [0.2, 0.25) is 0 Å². The van der Waals surface area contributed by atoms with Gasteiger partial charge in [0.15, 0.2) is 0 Å². The summed E-state index contributed by atoms with van der Waals surface area (Å²) in [5, 5.41) is 0. The number of rotatable bonds is 0. The second-order valence-corrected chi connectivity index (χ2v) is 0.315. The SMILES string of the molecule is C.CN=C=O. The molecule has 0 saturated carbocycles. The van der Waals surface area contributed by atoms with Crippen LogP contribution < -0.4 is 0 Å². The third kappa shape index (κ3) is 44.6. The topological polar surface area (TPSA) is 29.4 Å². The van der Waals surface area contributed by atoms with Gasteiger partial charge >= 0.3 is 0 Å². The molecule has 0 aromatic heterocycles. The van der Waals surface area contributed by atoms with Crippen LogP contribution in [-0.4, -0.2) is 13.1 Å². The molecule has 2 heteroatoms. The van der Waals surface area contributed by atoms with Crippen LogP contribution in [0.4, 0.5) is 0 Å². The fourth-order valence-corrected chi connectivity index (χ4v) is 0. The minimum Gasteiger partial charge on any atom is -0.211 e. The van der Waals surface area contributed by atoms with Gasteiger partial charge < -0.3 is 0 Å². The Morgan fingerprint density at radius 2 is 2.00 bits per heavy atom. The number of hydrogen-bond acceptors (Lipinski definition) is 2. The second-order valence-electron chi connectivity index (χ2n) is 0.315. The maximum atomic E-state index is 8.88. The molecule has 0 fully saturated rings. The Bertz CT molecular complexity index is 44.9. The first-order valence-electron chi connectivity index (χ1n) is 0.875. The lowest BCUT2D eigenvalue weighted by molar-refractivity contribution is 0.564. The minimum atomic E-state index is 0. The zero-order valence-corrected chi connectivity index (χ0v) is 2.36. The van der Waals surface area contributed by atoms with Gasteiger partial charge in [0, 0.05) is 7.05 Å². The highest BCUT2D eigenvalue weighted by Gasteiger charge is 1.29. The fraction of sp³-hybridized carbons (Fsp3) is 0.667. The molecule has 0 unspecified atom stereocenters. The van der Waals surface area contributed by atoms with Gasteiger partial charge in [-0.2, -0.15) is 0 Å². The van der Waals surface area contributed by atoms with Gasteiger partial charge in [-0.3, -0.25) is 0 Å². The van der Waals surface area contributed by atoms with E-state index in [1.54, 1.807) is 0 Å². The zero-order valence-electron chi connectivity index (χ0n) is 2.36. The van der Waals surface area contributed by atoms with Crippen molar-refractivity contribution in [2.75, 3.05) is 7.05 Å². The molecule has 30 valence electrons. The summed E-state index contributed by atoms with van der Waals surface area (Å²) in [6.45, 7) is 0. The van der Waals surface area contributed by atoms with Gasteiger partial charge in [-0.1, -0.05) is 7.43 Å². The molecule has 0 bridgehead atoms. The van der Waals surface area contributed by atoms with E-state index >= 15 is 0 Å². The predicted molar refractivity (Wildman–Crippen MR) is 20.8 cm³/mol. The molecule has 0 aliphatic heterocycles. The first-order chi connectivity index (χ1) is 1.91. The molecular formula is C3H7NO. The second kappa shape index (κ2) is 10.1. The van der Waals surface area contributed by atoms with E-state index in [9.17, 15) is 0 Å². The number of hydrogen-bond donors (Lipinski definition) is 0. The highest BCUT2D eigenvalue weighted by molar-refractivity contribution is 5.32. The monoisotopic (exact) mass is 73.1 g/mol. The molecule has 0 N–H and O–H groups in total. The van der Waals surface area contributed by atoms with Crippen molar-refractivity contribution < 1.29 is 4.79 Å². The van der Waals surface area contributed by atoms with Crippen molar-refractivity contribution >= 4 is 6.08 Å². The molecule has 0 atom stereocenters. The molecule has 0 saturated heterocycles. The van der Waals surface area contributed by atoms with Gasteiger partial charge in [-0.15, -0.1) is 0 Å². The minimum absolute atomic E-state index is 0. The number of isocyanates is 1. The third-order valence-corrected chi connectivity index (χ3v) is 0.0913. The molecule has 5 heavy (non-hydrogen) atoms. The lowest BCUT2D eigenvalue weighted by atomic mass is 11.4. The summed E-state index contributed by atoms with van der Waals surface area (Å²) in [7, 11) is 1.38. The molecule has 0 aliphatic rings. The Kier molecular flexibility index (Phi) is 17.8. The summed E-state index contributed by atoms with van der Waals surface area (Å²) in [6.07, 6.45) is 1.31. The van der Waals surface area contributed by atoms with Gasteiger partial charge in [0.25, 0.3) is 0 Å². The molecule has 0 radical (unpaired) electrons. The lowest BCUT2D eigenvalue weighted by Gasteiger charge is -1.36. The quantitative estimate of drug-likeness (QED) is 0.305. The molecular weight excluding hydrogens is 66.0 g/mol. The zero-order chi connectivity index (χ0) is 3.41. The number of nitrogens with zero attached hydrogens (tertiary/aromatic N) is 1. The van der Waals surface area contributed by atoms with Gasteiger partial charge in [0.2, 0.25) is 6.08 Å². The fourth-order valence-electron chi connectivity index (χ4n) is 0. The predicted octanol–water partition coefficient (Wildman–Crippen LogP) is 0.588. The van der Waals surface area contributed by atoms with Crippen molar-refractivity contribution in [1.29, 1.82) is 0 Å². The molecule has 0 aromatic rings. The molecule has 0 heterocycles. The Morgan fingerprint density at radius 1 is 1.80 bits per heavy atom. The van der Waals surface area contributed by atoms with E-state index in [0.29, 0.717) is 0 Å². The van der Waals surface area contributed by atoms with Crippen molar-refractivity contribution in [2.24, 2.45) is 4.99 Å². The summed E-state index contributed by atoms with van der Waals surface area (Å²) in [4.78, 5) is 11.8. The van der Waals surface area contributed by atoms with Crippen LogP contribution in [0.1, 0.15) is 7.43 Å². The molecule has 0 aromatic carbocycles. The number of carbonyl (C=O) groups excluding carboxylic acids is 1. The first-order valence-corrected chi connectivity index (χ1v) is 0.875. The molecule has 0 spiro atoms. The third-order valence-electron chi connectivity index (χ3n) is 0.0913.